The Hall–Kier alpha value is -1.46. The van der Waals surface area contributed by atoms with Crippen LogP contribution < -0.4 is 5.73 Å². The van der Waals surface area contributed by atoms with Crippen molar-refractivity contribution in [2.75, 3.05) is 27.2 Å². The lowest BCUT2D eigenvalue weighted by molar-refractivity contribution is -0.146. The Bertz CT molecular complexity index is 421. The molecule has 1 aromatic heterocycles. The minimum Gasteiger partial charge on any atom is -0.468 e. The Morgan fingerprint density at radius 3 is 2.62 bits per heavy atom. The smallest absolute Gasteiger partial charge is 0.325 e. The molecule has 0 amide bonds. The van der Waals surface area contributed by atoms with Gasteiger partial charge >= 0.3 is 5.97 Å². The van der Waals surface area contributed by atoms with Crippen LogP contribution in [0.4, 0.5) is 0 Å². The van der Waals surface area contributed by atoms with Crippen molar-refractivity contribution in [2.45, 2.75) is 38.1 Å². The fourth-order valence-corrected chi connectivity index (χ4v) is 2.19. The highest BCUT2D eigenvalue weighted by Crippen LogP contribution is 2.12. The number of hydrogen-bond acceptors (Lipinski definition) is 5. The summed E-state index contributed by atoms with van der Waals surface area (Å²) in [4.78, 5) is 17.8. The quantitative estimate of drug-likeness (QED) is 0.553. The number of methoxy groups -OCH3 is 1. The summed E-state index contributed by atoms with van der Waals surface area (Å²) < 4.78 is 4.70. The molecular formula is C16H27N3O2. The molecule has 1 heterocycles. The normalized spacial score (nSPS) is 14.0. The van der Waals surface area contributed by atoms with E-state index in [1.54, 1.807) is 6.92 Å². The van der Waals surface area contributed by atoms with Crippen molar-refractivity contribution < 1.29 is 9.53 Å². The molecule has 0 saturated carbocycles. The molecule has 5 heteroatoms. The van der Waals surface area contributed by atoms with Gasteiger partial charge in [-0.2, -0.15) is 0 Å². The van der Waals surface area contributed by atoms with E-state index in [2.05, 4.69) is 16.9 Å². The van der Waals surface area contributed by atoms with Crippen LogP contribution in [0.25, 0.3) is 0 Å². The zero-order valence-corrected chi connectivity index (χ0v) is 13.3. The molecule has 0 radical (unpaired) electrons. The average Bonchev–Trinajstić information content (AvgIpc) is 2.49. The van der Waals surface area contributed by atoms with Crippen molar-refractivity contribution in [1.29, 1.82) is 0 Å². The second-order valence-electron chi connectivity index (χ2n) is 5.77. The number of aromatic nitrogens is 1. The summed E-state index contributed by atoms with van der Waals surface area (Å²) in [5, 5.41) is 0. The molecule has 1 aromatic rings. The molecule has 5 nitrogen and oxygen atoms in total. The molecule has 1 atom stereocenters. The van der Waals surface area contributed by atoms with Gasteiger partial charge in [0.05, 0.1) is 7.11 Å². The first-order valence-corrected chi connectivity index (χ1v) is 7.40. The Labute approximate surface area is 127 Å². The minimum atomic E-state index is -0.871. The van der Waals surface area contributed by atoms with Gasteiger partial charge in [-0.3, -0.25) is 9.78 Å². The van der Waals surface area contributed by atoms with Gasteiger partial charge in [-0.25, -0.2) is 0 Å². The average molecular weight is 293 g/mol. The Morgan fingerprint density at radius 2 is 2.00 bits per heavy atom. The van der Waals surface area contributed by atoms with E-state index in [-0.39, 0.29) is 5.97 Å². The Kier molecular flexibility index (Phi) is 7.32. The van der Waals surface area contributed by atoms with Crippen LogP contribution in [0.3, 0.4) is 0 Å². The molecule has 0 saturated heterocycles. The van der Waals surface area contributed by atoms with Gasteiger partial charge in [0.1, 0.15) is 5.54 Å². The van der Waals surface area contributed by atoms with Gasteiger partial charge in [0, 0.05) is 18.9 Å². The van der Waals surface area contributed by atoms with Crippen molar-refractivity contribution in [3.8, 4) is 0 Å². The third-order valence-electron chi connectivity index (χ3n) is 3.67. The maximum atomic E-state index is 11.5. The molecule has 21 heavy (non-hydrogen) atoms. The monoisotopic (exact) mass is 293 g/mol. The van der Waals surface area contributed by atoms with Crippen LogP contribution >= 0.6 is 0 Å². The van der Waals surface area contributed by atoms with Gasteiger partial charge in [0.2, 0.25) is 0 Å². The fourth-order valence-electron chi connectivity index (χ4n) is 2.19. The molecule has 0 fully saturated rings. The number of nitrogens with zero attached hydrogens (tertiary/aromatic N) is 2. The largest absolute Gasteiger partial charge is 0.468 e. The molecular weight excluding hydrogens is 266 g/mol. The highest BCUT2D eigenvalue weighted by atomic mass is 16.5. The number of carbonyl (C=O) groups excluding carboxylic acids is 1. The first-order chi connectivity index (χ1) is 9.95. The van der Waals surface area contributed by atoms with Crippen LogP contribution in [0.5, 0.6) is 0 Å². The second-order valence-corrected chi connectivity index (χ2v) is 5.77. The van der Waals surface area contributed by atoms with Gasteiger partial charge < -0.3 is 15.4 Å². The molecule has 118 valence electrons. The van der Waals surface area contributed by atoms with Gasteiger partial charge in [-0.15, -0.1) is 0 Å². The van der Waals surface area contributed by atoms with Crippen LogP contribution in [-0.2, 0) is 16.0 Å². The number of esters is 1. The second kappa shape index (κ2) is 8.74. The third kappa shape index (κ3) is 6.69. The molecule has 0 aliphatic rings. The predicted octanol–water partition coefficient (Wildman–Crippen LogP) is 1.62. The molecule has 0 aromatic carbocycles. The number of ether oxygens (including phenoxy) is 1. The van der Waals surface area contributed by atoms with Crippen molar-refractivity contribution in [3.05, 3.63) is 30.1 Å². The van der Waals surface area contributed by atoms with Crippen LogP contribution in [-0.4, -0.2) is 48.6 Å². The molecule has 2 N–H and O–H groups in total. The lowest BCUT2D eigenvalue weighted by Crippen LogP contribution is -2.45. The van der Waals surface area contributed by atoms with Gasteiger partial charge in [-0.1, -0.05) is 0 Å². The molecule has 0 spiro atoms. The number of nitrogens with two attached hydrogens (primary N) is 1. The highest BCUT2D eigenvalue weighted by Gasteiger charge is 2.28. The Balaban J connectivity index is 2.16. The van der Waals surface area contributed by atoms with Crippen LogP contribution in [0.15, 0.2) is 24.5 Å². The van der Waals surface area contributed by atoms with Crippen molar-refractivity contribution in [2.24, 2.45) is 5.73 Å². The van der Waals surface area contributed by atoms with Crippen LogP contribution in [0, 0.1) is 0 Å². The molecule has 1 unspecified atom stereocenters. The van der Waals surface area contributed by atoms with Crippen molar-refractivity contribution in [1.82, 2.24) is 9.88 Å². The first-order valence-electron chi connectivity index (χ1n) is 7.40. The SMILES string of the molecule is COC(=O)C(C)(N)CCCCN(C)CCc1ccncc1. The first kappa shape index (κ1) is 17.6. The summed E-state index contributed by atoms with van der Waals surface area (Å²) in [7, 11) is 3.49. The maximum absolute atomic E-state index is 11.5. The van der Waals surface area contributed by atoms with E-state index in [1.807, 2.05) is 24.5 Å². The van der Waals surface area contributed by atoms with Crippen molar-refractivity contribution in [3.63, 3.8) is 0 Å². The number of hydrogen-bond donors (Lipinski definition) is 1. The summed E-state index contributed by atoms with van der Waals surface area (Å²) in [5.74, 6) is -0.339. The predicted molar refractivity (Wildman–Crippen MR) is 83.9 cm³/mol. The zero-order chi connectivity index (χ0) is 15.7. The number of pyridine rings is 1. The molecule has 0 aliphatic carbocycles. The van der Waals surface area contributed by atoms with E-state index in [0.717, 1.165) is 32.4 Å². The lowest BCUT2D eigenvalue weighted by Gasteiger charge is -2.22. The van der Waals surface area contributed by atoms with Gasteiger partial charge in [0.15, 0.2) is 0 Å². The molecule has 0 aliphatic heterocycles. The maximum Gasteiger partial charge on any atom is 0.325 e. The summed E-state index contributed by atoms with van der Waals surface area (Å²) in [6, 6.07) is 4.09. The van der Waals surface area contributed by atoms with E-state index < -0.39 is 5.54 Å². The summed E-state index contributed by atoms with van der Waals surface area (Å²) in [5.41, 5.74) is 6.36. The fraction of sp³-hybridized carbons (Fsp3) is 0.625. The zero-order valence-electron chi connectivity index (χ0n) is 13.3. The van der Waals surface area contributed by atoms with E-state index >= 15 is 0 Å². The Morgan fingerprint density at radius 1 is 1.33 bits per heavy atom. The van der Waals surface area contributed by atoms with Crippen LogP contribution in [0.2, 0.25) is 0 Å². The number of likely N-dealkylation sites (N-methyl/N-ethyl adjacent to an activating group) is 1. The van der Waals surface area contributed by atoms with E-state index in [9.17, 15) is 4.79 Å². The van der Waals surface area contributed by atoms with Crippen LogP contribution in [0.1, 0.15) is 31.7 Å². The van der Waals surface area contributed by atoms with E-state index in [1.165, 1.54) is 12.7 Å². The van der Waals surface area contributed by atoms with Gasteiger partial charge in [0.25, 0.3) is 0 Å². The number of carbonyl (C=O) groups is 1. The van der Waals surface area contributed by atoms with E-state index in [4.69, 9.17) is 10.5 Å². The summed E-state index contributed by atoms with van der Waals surface area (Å²) >= 11 is 0. The number of unbranched alkanes of at least 4 members (excludes halogenated alkanes) is 1. The molecule has 1 rings (SSSR count). The molecule has 0 bridgehead atoms. The summed E-state index contributed by atoms with van der Waals surface area (Å²) in [6.45, 7) is 3.75. The number of rotatable bonds is 9. The minimum absolute atomic E-state index is 0.339. The summed E-state index contributed by atoms with van der Waals surface area (Å²) in [6.07, 6.45) is 7.26. The third-order valence-corrected chi connectivity index (χ3v) is 3.67. The van der Waals surface area contributed by atoms with Crippen molar-refractivity contribution >= 4 is 5.97 Å². The van der Waals surface area contributed by atoms with Gasteiger partial charge in [-0.05, 0) is 63.9 Å². The topological polar surface area (TPSA) is 68.5 Å². The lowest BCUT2D eigenvalue weighted by atomic mass is 9.96. The van der Waals surface area contributed by atoms with E-state index in [0.29, 0.717) is 6.42 Å². The highest BCUT2D eigenvalue weighted by molar-refractivity contribution is 5.79. The standard InChI is InChI=1S/C16H27N3O2/c1-16(17,15(20)21-3)9-4-5-12-19(2)13-8-14-6-10-18-11-7-14/h6-7,10-11H,4-5,8-9,12-13,17H2,1-3H3.